The minimum absolute atomic E-state index is 0.690. The van der Waals surface area contributed by atoms with Gasteiger partial charge in [-0.15, -0.1) is 0 Å². The van der Waals surface area contributed by atoms with Crippen LogP contribution in [0.15, 0.2) is 48.5 Å². The Kier molecular flexibility index (Phi) is 10.9. The van der Waals surface area contributed by atoms with Gasteiger partial charge in [0.1, 0.15) is 5.75 Å². The van der Waals surface area contributed by atoms with E-state index in [-0.39, 0.29) is 0 Å². The monoisotopic (exact) mass is 377 g/mol. The van der Waals surface area contributed by atoms with Crippen molar-refractivity contribution in [3.8, 4) is 22.9 Å². The molecule has 0 unspecified atom stereocenters. The molecule has 0 saturated heterocycles. The van der Waals surface area contributed by atoms with Gasteiger partial charge in [0, 0.05) is 0 Å². The van der Waals surface area contributed by atoms with E-state index in [1.165, 1.54) is 64.2 Å². The highest BCUT2D eigenvalue weighted by Gasteiger charge is 2.00. The molecule has 0 heterocycles. The number of benzene rings is 2. The van der Waals surface area contributed by atoms with Crippen molar-refractivity contribution in [1.82, 2.24) is 0 Å². The first-order valence-corrected chi connectivity index (χ1v) is 11.1. The molecule has 0 saturated carbocycles. The summed E-state index contributed by atoms with van der Waals surface area (Å²) in [5, 5.41) is 8.88. The van der Waals surface area contributed by atoms with Crippen LogP contribution in [0.3, 0.4) is 0 Å². The van der Waals surface area contributed by atoms with E-state index in [1.54, 1.807) is 0 Å². The van der Waals surface area contributed by atoms with Crippen LogP contribution in [-0.4, -0.2) is 6.61 Å². The number of hydrogen-bond acceptors (Lipinski definition) is 2. The van der Waals surface area contributed by atoms with Crippen LogP contribution in [0.1, 0.15) is 83.1 Å². The number of unbranched alkanes of at least 4 members (excludes halogenated alkanes) is 10. The molecule has 0 aliphatic heterocycles. The number of nitrogens with zero attached hydrogens (tertiary/aromatic N) is 1. The molecule has 150 valence electrons. The molecule has 0 amide bonds. The number of nitriles is 1. The van der Waals surface area contributed by atoms with Crippen LogP contribution < -0.4 is 4.74 Å². The van der Waals surface area contributed by atoms with Gasteiger partial charge in [0.25, 0.3) is 0 Å². The van der Waals surface area contributed by atoms with Gasteiger partial charge in [-0.05, 0) is 41.8 Å². The van der Waals surface area contributed by atoms with Gasteiger partial charge in [-0.25, -0.2) is 0 Å². The first-order chi connectivity index (χ1) is 13.8. The lowest BCUT2D eigenvalue weighted by atomic mass is 10.0. The zero-order chi connectivity index (χ0) is 19.9. The van der Waals surface area contributed by atoms with E-state index in [9.17, 15) is 0 Å². The molecule has 0 atom stereocenters. The summed E-state index contributed by atoms with van der Waals surface area (Å²) in [6, 6.07) is 18.1. The van der Waals surface area contributed by atoms with E-state index >= 15 is 0 Å². The zero-order valence-electron chi connectivity index (χ0n) is 17.5. The van der Waals surface area contributed by atoms with Crippen molar-refractivity contribution in [3.05, 3.63) is 54.1 Å². The molecule has 0 N–H and O–H groups in total. The molecule has 0 fully saturated rings. The first-order valence-electron chi connectivity index (χ1n) is 11.1. The largest absolute Gasteiger partial charge is 0.494 e. The Bertz CT molecular complexity index is 682. The molecule has 2 nitrogen and oxygen atoms in total. The maximum atomic E-state index is 8.88. The van der Waals surface area contributed by atoms with E-state index in [1.807, 2.05) is 36.4 Å². The molecule has 0 aromatic heterocycles. The molecule has 28 heavy (non-hydrogen) atoms. The lowest BCUT2D eigenvalue weighted by Crippen LogP contribution is -1.97. The Morgan fingerprint density at radius 1 is 0.643 bits per heavy atom. The molecule has 2 heteroatoms. The SMILES string of the molecule is CCCCCCCCCCCCCOc1ccc(-c2ccc(C#N)cc2)cc1. The van der Waals surface area contributed by atoms with Crippen LogP contribution in [0.2, 0.25) is 0 Å². The van der Waals surface area contributed by atoms with Crippen LogP contribution in [-0.2, 0) is 0 Å². The molecule has 2 aromatic rings. The molecule has 2 aromatic carbocycles. The van der Waals surface area contributed by atoms with E-state index < -0.39 is 0 Å². The standard InChI is InChI=1S/C26H35NO/c1-2-3-4-5-6-7-8-9-10-11-12-21-28-26-19-17-25(18-20-26)24-15-13-23(22-27)14-16-24/h13-20H,2-12,21H2,1H3. The summed E-state index contributed by atoms with van der Waals surface area (Å²) in [6.45, 7) is 3.07. The third-order valence-electron chi connectivity index (χ3n) is 5.22. The summed E-state index contributed by atoms with van der Waals surface area (Å²) in [4.78, 5) is 0. The molecule has 0 radical (unpaired) electrons. The van der Waals surface area contributed by atoms with Crippen LogP contribution in [0.4, 0.5) is 0 Å². The summed E-state index contributed by atoms with van der Waals surface area (Å²) < 4.78 is 5.87. The van der Waals surface area contributed by atoms with Gasteiger partial charge in [-0.2, -0.15) is 5.26 Å². The van der Waals surface area contributed by atoms with E-state index in [0.717, 1.165) is 29.9 Å². The van der Waals surface area contributed by atoms with Gasteiger partial charge in [-0.1, -0.05) is 95.4 Å². The minimum Gasteiger partial charge on any atom is -0.494 e. The van der Waals surface area contributed by atoms with Gasteiger partial charge in [-0.3, -0.25) is 0 Å². The second-order valence-corrected chi connectivity index (χ2v) is 7.60. The summed E-state index contributed by atoms with van der Waals surface area (Å²) in [5.41, 5.74) is 2.96. The van der Waals surface area contributed by atoms with E-state index in [0.29, 0.717) is 5.56 Å². The van der Waals surface area contributed by atoms with Crippen molar-refractivity contribution in [2.75, 3.05) is 6.61 Å². The Hall–Kier alpha value is -2.27. The lowest BCUT2D eigenvalue weighted by Gasteiger charge is -2.08. The average Bonchev–Trinajstić information content (AvgIpc) is 2.75. The van der Waals surface area contributed by atoms with Crippen molar-refractivity contribution < 1.29 is 4.74 Å². The highest BCUT2D eigenvalue weighted by atomic mass is 16.5. The fraction of sp³-hybridized carbons (Fsp3) is 0.500. The van der Waals surface area contributed by atoms with Gasteiger partial charge in [0.15, 0.2) is 0 Å². The number of rotatable bonds is 14. The Morgan fingerprint density at radius 2 is 1.11 bits per heavy atom. The summed E-state index contributed by atoms with van der Waals surface area (Å²) >= 11 is 0. The predicted octanol–water partition coefficient (Wildman–Crippen LogP) is 7.92. The topological polar surface area (TPSA) is 33.0 Å². The van der Waals surface area contributed by atoms with Gasteiger partial charge >= 0.3 is 0 Å². The molecular weight excluding hydrogens is 342 g/mol. The normalized spacial score (nSPS) is 10.6. The Labute approximate surface area is 171 Å². The van der Waals surface area contributed by atoms with Crippen LogP contribution in [0, 0.1) is 11.3 Å². The molecule has 0 spiro atoms. The Morgan fingerprint density at radius 3 is 1.61 bits per heavy atom. The summed E-state index contributed by atoms with van der Waals surface area (Å²) in [5.74, 6) is 0.935. The highest BCUT2D eigenvalue weighted by molar-refractivity contribution is 5.64. The fourth-order valence-corrected chi connectivity index (χ4v) is 3.44. The van der Waals surface area contributed by atoms with Crippen molar-refractivity contribution in [2.45, 2.75) is 77.6 Å². The number of hydrogen-bond donors (Lipinski definition) is 0. The molecular formula is C26H35NO. The van der Waals surface area contributed by atoms with Crippen molar-refractivity contribution in [1.29, 1.82) is 5.26 Å². The predicted molar refractivity (Wildman–Crippen MR) is 119 cm³/mol. The van der Waals surface area contributed by atoms with Crippen molar-refractivity contribution in [3.63, 3.8) is 0 Å². The lowest BCUT2D eigenvalue weighted by molar-refractivity contribution is 0.304. The third-order valence-corrected chi connectivity index (χ3v) is 5.22. The summed E-state index contributed by atoms with van der Waals surface area (Å²) in [7, 11) is 0. The smallest absolute Gasteiger partial charge is 0.119 e. The zero-order valence-corrected chi connectivity index (χ0v) is 17.5. The number of ether oxygens (including phenoxy) is 1. The molecule has 2 rings (SSSR count). The second-order valence-electron chi connectivity index (χ2n) is 7.60. The van der Waals surface area contributed by atoms with E-state index in [4.69, 9.17) is 10.00 Å². The minimum atomic E-state index is 0.690. The summed E-state index contributed by atoms with van der Waals surface area (Å²) in [6.07, 6.45) is 14.9. The molecule has 0 aliphatic carbocycles. The van der Waals surface area contributed by atoms with Crippen LogP contribution in [0.25, 0.3) is 11.1 Å². The second kappa shape index (κ2) is 13.8. The molecule has 0 bridgehead atoms. The van der Waals surface area contributed by atoms with Crippen molar-refractivity contribution >= 4 is 0 Å². The molecule has 0 aliphatic rings. The quantitative estimate of drug-likeness (QED) is 0.313. The van der Waals surface area contributed by atoms with Crippen LogP contribution in [0.5, 0.6) is 5.75 Å². The third kappa shape index (κ3) is 8.61. The highest BCUT2D eigenvalue weighted by Crippen LogP contribution is 2.23. The van der Waals surface area contributed by atoms with Gasteiger partial charge in [0.05, 0.1) is 18.2 Å². The fourth-order valence-electron chi connectivity index (χ4n) is 3.44. The van der Waals surface area contributed by atoms with Gasteiger partial charge in [0.2, 0.25) is 0 Å². The maximum absolute atomic E-state index is 8.88. The maximum Gasteiger partial charge on any atom is 0.119 e. The van der Waals surface area contributed by atoms with Crippen molar-refractivity contribution in [2.24, 2.45) is 0 Å². The average molecular weight is 378 g/mol. The Balaban J connectivity index is 1.53. The van der Waals surface area contributed by atoms with E-state index in [2.05, 4.69) is 25.1 Å². The van der Waals surface area contributed by atoms with Crippen LogP contribution >= 0.6 is 0 Å². The first kappa shape index (κ1) is 22.0. The van der Waals surface area contributed by atoms with Gasteiger partial charge < -0.3 is 4.74 Å².